The number of ketones is 2. The molecule has 0 saturated heterocycles. The fourth-order valence-corrected chi connectivity index (χ4v) is 4.20. The number of H-pyrrole nitrogens is 2. The third-order valence-electron chi connectivity index (χ3n) is 5.33. The maximum atomic E-state index is 13.7. The van der Waals surface area contributed by atoms with E-state index in [1.807, 2.05) is 24.3 Å². The van der Waals surface area contributed by atoms with Crippen LogP contribution in [0.25, 0.3) is 22.2 Å². The Morgan fingerprint density at radius 3 is 2.47 bits per heavy atom. The number of anilines is 1. The van der Waals surface area contributed by atoms with Crippen molar-refractivity contribution in [2.75, 3.05) is 5.73 Å². The number of hydrogen-bond acceptors (Lipinski definition) is 4. The number of carbonyl (C=O) groups excluding carboxylic acids is 2. The second-order valence-corrected chi connectivity index (χ2v) is 8.21. The van der Waals surface area contributed by atoms with Gasteiger partial charge in [0.2, 0.25) is 5.78 Å². The average Bonchev–Trinajstić information content (AvgIpc) is 3.40. The molecule has 3 heterocycles. The second kappa shape index (κ2) is 7.94. The number of rotatable bonds is 5. The van der Waals surface area contributed by atoms with Gasteiger partial charge in [-0.05, 0) is 30.3 Å². The van der Waals surface area contributed by atoms with Crippen molar-refractivity contribution in [3.05, 3.63) is 106 Å². The Morgan fingerprint density at radius 2 is 1.72 bits per heavy atom. The molecule has 0 radical (unpaired) electrons. The van der Waals surface area contributed by atoms with Crippen LogP contribution in [0.2, 0.25) is 0 Å². The molecule has 5 aromatic rings. The van der Waals surface area contributed by atoms with Crippen molar-refractivity contribution in [2.45, 2.75) is 0 Å². The van der Waals surface area contributed by atoms with Gasteiger partial charge in [-0.1, -0.05) is 52.3 Å². The second-order valence-electron chi connectivity index (χ2n) is 7.30. The van der Waals surface area contributed by atoms with Crippen molar-refractivity contribution < 1.29 is 9.59 Å². The number of hydrogen-bond donors (Lipinski definition) is 3. The van der Waals surface area contributed by atoms with Gasteiger partial charge in [-0.25, -0.2) is 0 Å². The maximum Gasteiger partial charge on any atom is 0.209 e. The van der Waals surface area contributed by atoms with Crippen molar-refractivity contribution in [1.82, 2.24) is 15.0 Å². The zero-order chi connectivity index (χ0) is 22.2. The lowest BCUT2D eigenvalue weighted by Crippen LogP contribution is -2.07. The van der Waals surface area contributed by atoms with Crippen molar-refractivity contribution in [2.24, 2.45) is 0 Å². The van der Waals surface area contributed by atoms with Gasteiger partial charge in [0, 0.05) is 44.5 Å². The third kappa shape index (κ3) is 3.33. The van der Waals surface area contributed by atoms with E-state index in [9.17, 15) is 9.59 Å². The highest BCUT2D eigenvalue weighted by molar-refractivity contribution is 9.10. The number of carbonyl (C=O) groups is 2. The van der Waals surface area contributed by atoms with Crippen molar-refractivity contribution in [3.63, 3.8) is 0 Å². The molecule has 0 bridgehead atoms. The summed E-state index contributed by atoms with van der Waals surface area (Å²) in [6, 6.07) is 19.9. The van der Waals surface area contributed by atoms with Crippen LogP contribution < -0.4 is 5.73 Å². The Hall–Kier alpha value is -3.97. The van der Waals surface area contributed by atoms with E-state index in [-0.39, 0.29) is 28.6 Å². The Bertz CT molecular complexity index is 1470. The summed E-state index contributed by atoms with van der Waals surface area (Å²) < 4.78 is 0.852. The molecule has 3 aromatic heterocycles. The molecule has 6 nitrogen and oxygen atoms in total. The number of nitrogens with one attached hydrogen (secondary N) is 2. The summed E-state index contributed by atoms with van der Waals surface area (Å²) in [7, 11) is 0. The molecule has 156 valence electrons. The number of nitrogens with zero attached hydrogens (tertiary/aromatic N) is 1. The van der Waals surface area contributed by atoms with Gasteiger partial charge in [0.05, 0.1) is 17.0 Å². The molecule has 7 heteroatoms. The standard InChI is InChI=1S/C25H17BrN4O2/c26-15-9-10-18-16(12-15)17(13-29-18)24(32)21-20(19-8-4-5-11-28-19)22(30-25(21)27)23(31)14-6-2-1-3-7-14/h1-13,29-30H,27H2. The summed E-state index contributed by atoms with van der Waals surface area (Å²) in [4.78, 5) is 37.6. The minimum absolute atomic E-state index is 0.124. The van der Waals surface area contributed by atoms with Gasteiger partial charge in [-0.3, -0.25) is 14.6 Å². The monoisotopic (exact) mass is 484 g/mol. The van der Waals surface area contributed by atoms with E-state index in [2.05, 4.69) is 30.9 Å². The lowest BCUT2D eigenvalue weighted by atomic mass is 9.95. The summed E-state index contributed by atoms with van der Waals surface area (Å²) in [5.41, 5.74) is 9.42. The third-order valence-corrected chi connectivity index (χ3v) is 5.82. The van der Waals surface area contributed by atoms with Crippen LogP contribution in [0.3, 0.4) is 0 Å². The van der Waals surface area contributed by atoms with Gasteiger partial charge < -0.3 is 15.7 Å². The number of nitrogen functional groups attached to an aromatic ring is 1. The molecule has 0 amide bonds. The summed E-state index contributed by atoms with van der Waals surface area (Å²) >= 11 is 3.46. The molecule has 0 unspecified atom stereocenters. The molecule has 0 atom stereocenters. The highest BCUT2D eigenvalue weighted by Crippen LogP contribution is 2.35. The molecular weight excluding hydrogens is 468 g/mol. The zero-order valence-electron chi connectivity index (χ0n) is 16.7. The van der Waals surface area contributed by atoms with E-state index in [0.29, 0.717) is 22.4 Å². The summed E-state index contributed by atoms with van der Waals surface area (Å²) in [5, 5.41) is 0.757. The van der Waals surface area contributed by atoms with E-state index in [4.69, 9.17) is 5.73 Å². The molecule has 5 rings (SSSR count). The summed E-state index contributed by atoms with van der Waals surface area (Å²) in [6.45, 7) is 0. The summed E-state index contributed by atoms with van der Waals surface area (Å²) in [6.07, 6.45) is 3.28. The van der Waals surface area contributed by atoms with Crippen LogP contribution in [0.1, 0.15) is 32.0 Å². The first-order valence-corrected chi connectivity index (χ1v) is 10.7. The molecule has 0 aliphatic heterocycles. The lowest BCUT2D eigenvalue weighted by molar-refractivity contribution is 0.103. The van der Waals surface area contributed by atoms with Gasteiger partial charge in [0.15, 0.2) is 5.78 Å². The highest BCUT2D eigenvalue weighted by atomic mass is 79.9. The molecule has 0 fully saturated rings. The van der Waals surface area contributed by atoms with Crippen LogP contribution in [-0.2, 0) is 0 Å². The predicted molar refractivity (Wildman–Crippen MR) is 128 cm³/mol. The van der Waals surface area contributed by atoms with Crippen LogP contribution in [0.4, 0.5) is 5.82 Å². The Morgan fingerprint density at radius 1 is 0.938 bits per heavy atom. The molecule has 2 aromatic carbocycles. The average molecular weight is 485 g/mol. The predicted octanol–water partition coefficient (Wildman–Crippen LogP) is 5.36. The molecule has 32 heavy (non-hydrogen) atoms. The van der Waals surface area contributed by atoms with E-state index >= 15 is 0 Å². The Labute approximate surface area is 191 Å². The normalized spacial score (nSPS) is 11.0. The topological polar surface area (TPSA) is 105 Å². The molecule has 0 aliphatic carbocycles. The SMILES string of the molecule is Nc1[nH]c(C(=O)c2ccccc2)c(-c2ccccn2)c1C(=O)c1c[nH]c2ccc(Br)cc12. The molecule has 4 N–H and O–H groups in total. The minimum Gasteiger partial charge on any atom is -0.385 e. The number of pyridine rings is 1. The van der Waals surface area contributed by atoms with E-state index in [0.717, 1.165) is 15.4 Å². The maximum absolute atomic E-state index is 13.7. The lowest BCUT2D eigenvalue weighted by Gasteiger charge is -2.07. The number of fused-ring (bicyclic) bond motifs is 1. The molecule has 0 spiro atoms. The Kier molecular flexibility index (Phi) is 4.95. The first-order chi connectivity index (χ1) is 15.5. The first kappa shape index (κ1) is 20.0. The molecular formula is C25H17BrN4O2. The minimum atomic E-state index is -0.295. The van der Waals surface area contributed by atoms with Crippen molar-refractivity contribution in [1.29, 1.82) is 0 Å². The van der Waals surface area contributed by atoms with Crippen LogP contribution >= 0.6 is 15.9 Å². The molecule has 0 saturated carbocycles. The number of aromatic nitrogens is 3. The fourth-order valence-electron chi connectivity index (χ4n) is 3.84. The Balaban J connectivity index is 1.73. The number of aromatic amines is 2. The van der Waals surface area contributed by atoms with Gasteiger partial charge in [-0.15, -0.1) is 0 Å². The van der Waals surface area contributed by atoms with Crippen LogP contribution in [0.15, 0.2) is 83.6 Å². The first-order valence-electron chi connectivity index (χ1n) is 9.88. The van der Waals surface area contributed by atoms with Gasteiger partial charge in [0.1, 0.15) is 5.82 Å². The smallest absolute Gasteiger partial charge is 0.209 e. The van der Waals surface area contributed by atoms with Gasteiger partial charge in [0.25, 0.3) is 0 Å². The highest BCUT2D eigenvalue weighted by Gasteiger charge is 2.29. The van der Waals surface area contributed by atoms with Gasteiger partial charge in [-0.2, -0.15) is 0 Å². The fraction of sp³-hybridized carbons (Fsp3) is 0. The number of halogens is 1. The van der Waals surface area contributed by atoms with Crippen molar-refractivity contribution in [3.8, 4) is 11.3 Å². The van der Waals surface area contributed by atoms with Crippen molar-refractivity contribution >= 4 is 44.2 Å². The summed E-state index contributed by atoms with van der Waals surface area (Å²) in [5.74, 6) is -0.436. The zero-order valence-corrected chi connectivity index (χ0v) is 18.3. The van der Waals surface area contributed by atoms with E-state index in [1.165, 1.54) is 0 Å². The largest absolute Gasteiger partial charge is 0.385 e. The van der Waals surface area contributed by atoms with E-state index in [1.54, 1.807) is 54.9 Å². The van der Waals surface area contributed by atoms with Crippen LogP contribution in [-0.4, -0.2) is 26.5 Å². The number of benzene rings is 2. The van der Waals surface area contributed by atoms with Gasteiger partial charge >= 0.3 is 0 Å². The van der Waals surface area contributed by atoms with Crippen LogP contribution in [0.5, 0.6) is 0 Å². The number of nitrogens with two attached hydrogens (primary N) is 1. The molecule has 0 aliphatic rings. The van der Waals surface area contributed by atoms with E-state index < -0.39 is 0 Å². The quantitative estimate of drug-likeness (QED) is 0.291. The van der Waals surface area contributed by atoms with Crippen LogP contribution in [0, 0.1) is 0 Å².